The van der Waals surface area contributed by atoms with Crippen LogP contribution in [0.25, 0.3) is 21.9 Å². The highest BCUT2D eigenvalue weighted by Gasteiger charge is 2.29. The molecule has 2 heterocycles. The van der Waals surface area contributed by atoms with Crippen molar-refractivity contribution < 1.29 is 22.4 Å². The fraction of sp³-hybridized carbons (Fsp3) is 0.200. The van der Waals surface area contributed by atoms with Crippen LogP contribution in [-0.4, -0.2) is 25.4 Å². The Morgan fingerprint density at radius 2 is 1.80 bits per heavy atom. The second-order valence-electron chi connectivity index (χ2n) is 9.59. The Morgan fingerprint density at radius 1 is 1.05 bits per heavy atom. The van der Waals surface area contributed by atoms with Crippen LogP contribution in [0.1, 0.15) is 30.0 Å². The van der Waals surface area contributed by atoms with E-state index in [1.165, 1.54) is 24.3 Å². The Morgan fingerprint density at radius 3 is 2.55 bits per heavy atom. The molecule has 1 atom stereocenters. The largest absolute Gasteiger partial charge is 0.424 e. The number of hydrogen-bond acceptors (Lipinski definition) is 6. The predicted octanol–water partition coefficient (Wildman–Crippen LogP) is 5.68. The molecule has 0 saturated carbocycles. The Balaban J connectivity index is 1.50. The standard InChI is InChI=1S/C30H27ClN2O6S/c1-3-6-19-14-29(34)38-27-16-28(24(31)15-23(19)27)39-30(35)26(13-20-17-32-25-8-5-4-7-22(20)25)33-40(36,37)21-11-9-18(2)10-12-21/h4-5,7-12,14-17,26,32-33H,3,6,13H2,1-2H3. The van der Waals surface area contributed by atoms with E-state index in [1.54, 1.807) is 24.4 Å². The van der Waals surface area contributed by atoms with Gasteiger partial charge in [0, 0.05) is 41.0 Å². The van der Waals surface area contributed by atoms with E-state index in [4.69, 9.17) is 20.8 Å². The minimum absolute atomic E-state index is 0.00880. The van der Waals surface area contributed by atoms with Crippen LogP contribution >= 0.6 is 11.6 Å². The summed E-state index contributed by atoms with van der Waals surface area (Å²) in [6.45, 7) is 3.84. The zero-order valence-electron chi connectivity index (χ0n) is 21.9. The van der Waals surface area contributed by atoms with E-state index in [1.807, 2.05) is 38.1 Å². The van der Waals surface area contributed by atoms with Crippen LogP contribution in [0.3, 0.4) is 0 Å². The fourth-order valence-corrected chi connectivity index (χ4v) is 6.01. The Hall–Kier alpha value is -3.92. The smallest absolute Gasteiger partial charge is 0.336 e. The maximum atomic E-state index is 13.6. The maximum absolute atomic E-state index is 13.6. The van der Waals surface area contributed by atoms with Gasteiger partial charge in [0.2, 0.25) is 10.0 Å². The first kappa shape index (κ1) is 27.6. The number of sulfonamides is 1. The Bertz CT molecular complexity index is 1880. The minimum atomic E-state index is -4.09. The molecular weight excluding hydrogens is 552 g/mol. The van der Waals surface area contributed by atoms with Gasteiger partial charge in [-0.2, -0.15) is 4.72 Å². The summed E-state index contributed by atoms with van der Waals surface area (Å²) < 4.78 is 40.1. The third-order valence-corrected chi connectivity index (χ3v) is 8.41. The number of nitrogens with one attached hydrogen (secondary N) is 2. The first-order valence-corrected chi connectivity index (χ1v) is 14.6. The van der Waals surface area contributed by atoms with Crippen LogP contribution in [0.2, 0.25) is 5.02 Å². The van der Waals surface area contributed by atoms with Crippen molar-refractivity contribution in [2.24, 2.45) is 0 Å². The Kier molecular flexibility index (Phi) is 7.80. The van der Waals surface area contributed by atoms with Crippen LogP contribution in [-0.2, 0) is 27.7 Å². The SMILES string of the molecule is CCCc1cc(=O)oc2cc(OC(=O)C(Cc3c[nH]c4ccccc34)NS(=O)(=O)c3ccc(C)cc3)c(Cl)cc12. The average Bonchev–Trinajstić information content (AvgIpc) is 3.32. The van der Waals surface area contributed by atoms with Gasteiger partial charge in [0.25, 0.3) is 0 Å². The highest BCUT2D eigenvalue weighted by atomic mass is 35.5. The van der Waals surface area contributed by atoms with Crippen LogP contribution < -0.4 is 15.1 Å². The van der Waals surface area contributed by atoms with Gasteiger partial charge < -0.3 is 14.1 Å². The molecule has 5 aromatic rings. The first-order valence-electron chi connectivity index (χ1n) is 12.8. The van der Waals surface area contributed by atoms with Crippen molar-refractivity contribution in [1.82, 2.24) is 9.71 Å². The second-order valence-corrected chi connectivity index (χ2v) is 11.7. The molecule has 2 aromatic heterocycles. The summed E-state index contributed by atoms with van der Waals surface area (Å²) >= 11 is 6.49. The number of carbonyl (C=O) groups is 1. The summed E-state index contributed by atoms with van der Waals surface area (Å²) in [5.41, 5.74) is 2.94. The summed E-state index contributed by atoms with van der Waals surface area (Å²) in [7, 11) is -4.09. The van der Waals surface area contributed by atoms with Crippen LogP contribution in [0, 0.1) is 6.92 Å². The van der Waals surface area contributed by atoms with E-state index in [0.29, 0.717) is 11.8 Å². The Labute approximate surface area is 236 Å². The van der Waals surface area contributed by atoms with Crippen molar-refractivity contribution in [2.45, 2.75) is 44.0 Å². The number of para-hydroxylation sites is 1. The van der Waals surface area contributed by atoms with Crippen molar-refractivity contribution >= 4 is 49.5 Å². The molecule has 10 heteroatoms. The number of aryl methyl sites for hydroxylation is 2. The lowest BCUT2D eigenvalue weighted by Crippen LogP contribution is -2.44. The zero-order chi connectivity index (χ0) is 28.4. The van der Waals surface area contributed by atoms with E-state index >= 15 is 0 Å². The number of hydrogen-bond donors (Lipinski definition) is 2. The van der Waals surface area contributed by atoms with Gasteiger partial charge in [-0.05, 0) is 48.7 Å². The minimum Gasteiger partial charge on any atom is -0.424 e. The number of benzene rings is 3. The molecule has 8 nitrogen and oxygen atoms in total. The summed E-state index contributed by atoms with van der Waals surface area (Å²) in [4.78, 5) is 28.8. The summed E-state index contributed by atoms with van der Waals surface area (Å²) in [5.74, 6) is -0.913. The molecule has 3 aromatic carbocycles. The number of carbonyl (C=O) groups excluding carboxylic acids is 1. The van der Waals surface area contributed by atoms with Gasteiger partial charge in [-0.3, -0.25) is 0 Å². The predicted molar refractivity (Wildman–Crippen MR) is 154 cm³/mol. The van der Waals surface area contributed by atoms with Gasteiger partial charge in [0.15, 0.2) is 5.75 Å². The third-order valence-electron chi connectivity index (χ3n) is 6.62. The molecule has 0 radical (unpaired) electrons. The molecule has 1 unspecified atom stereocenters. The van der Waals surface area contributed by atoms with E-state index in [0.717, 1.165) is 34.0 Å². The molecule has 0 aliphatic carbocycles. The summed E-state index contributed by atoms with van der Waals surface area (Å²) in [5, 5.41) is 1.62. The fourth-order valence-electron chi connectivity index (χ4n) is 4.63. The van der Waals surface area contributed by atoms with Gasteiger partial charge in [-0.15, -0.1) is 0 Å². The van der Waals surface area contributed by atoms with Crippen molar-refractivity contribution in [3.8, 4) is 5.75 Å². The van der Waals surface area contributed by atoms with Crippen molar-refractivity contribution in [1.29, 1.82) is 0 Å². The van der Waals surface area contributed by atoms with E-state index in [2.05, 4.69) is 9.71 Å². The molecule has 206 valence electrons. The lowest BCUT2D eigenvalue weighted by molar-refractivity contribution is -0.136. The van der Waals surface area contributed by atoms with Crippen LogP contribution in [0.5, 0.6) is 5.75 Å². The monoisotopic (exact) mass is 578 g/mol. The number of ether oxygens (including phenoxy) is 1. The van der Waals surface area contributed by atoms with E-state index in [-0.39, 0.29) is 27.7 Å². The van der Waals surface area contributed by atoms with Crippen LogP contribution in [0.4, 0.5) is 0 Å². The van der Waals surface area contributed by atoms with Gasteiger partial charge in [0.1, 0.15) is 11.6 Å². The highest BCUT2D eigenvalue weighted by Crippen LogP contribution is 2.32. The summed E-state index contributed by atoms with van der Waals surface area (Å²) in [6, 6.07) is 16.9. The van der Waals surface area contributed by atoms with Crippen molar-refractivity contribution in [3.63, 3.8) is 0 Å². The molecule has 0 saturated heterocycles. The highest BCUT2D eigenvalue weighted by molar-refractivity contribution is 7.89. The normalized spacial score (nSPS) is 12.6. The summed E-state index contributed by atoms with van der Waals surface area (Å²) in [6.07, 6.45) is 3.20. The molecule has 0 amide bonds. The van der Waals surface area contributed by atoms with Crippen LogP contribution in [0.15, 0.2) is 87.0 Å². The lowest BCUT2D eigenvalue weighted by Gasteiger charge is -2.18. The van der Waals surface area contributed by atoms with E-state index < -0.39 is 27.7 Å². The number of rotatable bonds is 9. The number of aromatic amines is 1. The van der Waals surface area contributed by atoms with Gasteiger partial charge in [0.05, 0.1) is 9.92 Å². The quantitative estimate of drug-likeness (QED) is 0.132. The number of halogens is 1. The third kappa shape index (κ3) is 5.82. The van der Waals surface area contributed by atoms with Gasteiger partial charge >= 0.3 is 11.6 Å². The van der Waals surface area contributed by atoms with Gasteiger partial charge in [-0.1, -0.05) is 60.8 Å². The molecular formula is C30H27ClN2O6S. The first-order chi connectivity index (χ1) is 19.1. The maximum Gasteiger partial charge on any atom is 0.336 e. The number of aromatic nitrogens is 1. The molecule has 0 bridgehead atoms. The molecule has 2 N–H and O–H groups in total. The molecule has 40 heavy (non-hydrogen) atoms. The second kappa shape index (κ2) is 11.3. The van der Waals surface area contributed by atoms with Gasteiger partial charge in [-0.25, -0.2) is 18.0 Å². The molecule has 0 aliphatic heterocycles. The lowest BCUT2D eigenvalue weighted by atomic mass is 10.1. The molecule has 0 aliphatic rings. The number of esters is 1. The average molecular weight is 579 g/mol. The zero-order valence-corrected chi connectivity index (χ0v) is 23.4. The van der Waals surface area contributed by atoms with E-state index in [9.17, 15) is 18.0 Å². The topological polar surface area (TPSA) is 118 Å². The van der Waals surface area contributed by atoms with Crippen molar-refractivity contribution in [3.05, 3.63) is 105 Å². The molecule has 5 rings (SSSR count). The molecule has 0 spiro atoms. The number of H-pyrrole nitrogens is 1. The molecule has 0 fully saturated rings. The van der Waals surface area contributed by atoms with Crippen molar-refractivity contribution in [2.75, 3.05) is 0 Å². The number of fused-ring (bicyclic) bond motifs is 2.